The van der Waals surface area contributed by atoms with E-state index in [0.717, 1.165) is 70.1 Å². The van der Waals surface area contributed by atoms with Crippen molar-refractivity contribution in [3.63, 3.8) is 0 Å². The number of unbranched alkanes of at least 4 members (excludes halogenated alkanes) is 2. The molecule has 0 bridgehead atoms. The first-order chi connectivity index (χ1) is 18.5. The van der Waals surface area contributed by atoms with Crippen molar-refractivity contribution in [2.75, 3.05) is 31.1 Å². The van der Waals surface area contributed by atoms with E-state index in [2.05, 4.69) is 73.8 Å². The zero-order valence-electron chi connectivity index (χ0n) is 25.3. The van der Waals surface area contributed by atoms with Crippen molar-refractivity contribution in [2.45, 2.75) is 92.5 Å². The molecule has 212 valence electrons. The fourth-order valence-corrected chi connectivity index (χ4v) is 4.01. The summed E-state index contributed by atoms with van der Waals surface area (Å²) in [6.07, 6.45) is 16.5. The van der Waals surface area contributed by atoms with Crippen LogP contribution in [-0.4, -0.2) is 48.4 Å². The minimum atomic E-state index is 0.304. The summed E-state index contributed by atoms with van der Waals surface area (Å²) in [6, 6.07) is 10.6. The van der Waals surface area contributed by atoms with Crippen LogP contribution in [0.15, 0.2) is 68.0 Å². The number of carbonyl (C=O) groups excluding carboxylic acids is 1. The molecule has 0 aliphatic heterocycles. The van der Waals surface area contributed by atoms with Crippen LogP contribution in [0.3, 0.4) is 0 Å². The van der Waals surface area contributed by atoms with E-state index in [0.29, 0.717) is 6.04 Å². The number of aryl methyl sites for hydroxylation is 1. The predicted octanol–water partition coefficient (Wildman–Crippen LogP) is 8.57. The Balaban J connectivity index is 0.00000208. The monoisotopic (exact) mass is 521 g/mol. The lowest BCUT2D eigenvalue weighted by Gasteiger charge is -2.35. The van der Waals surface area contributed by atoms with Crippen LogP contribution >= 0.6 is 0 Å². The second kappa shape index (κ2) is 23.4. The first kappa shape index (κ1) is 35.3. The average molecular weight is 522 g/mol. The number of hydrogen-bond donors (Lipinski definition) is 0. The normalized spacial score (nSPS) is 10.9. The smallest absolute Gasteiger partial charge is 0.150 e. The van der Waals surface area contributed by atoms with Gasteiger partial charge in [-0.15, -0.1) is 13.2 Å². The molecule has 0 saturated carbocycles. The molecule has 0 radical (unpaired) electrons. The topological polar surface area (TPSA) is 36.4 Å². The third kappa shape index (κ3) is 14.3. The van der Waals surface area contributed by atoms with E-state index in [-0.39, 0.29) is 0 Å². The van der Waals surface area contributed by atoms with Crippen LogP contribution in [0.5, 0.6) is 0 Å². The summed E-state index contributed by atoms with van der Waals surface area (Å²) in [7, 11) is 0. The van der Waals surface area contributed by atoms with E-state index < -0.39 is 0 Å². The second-order valence-corrected chi connectivity index (χ2v) is 9.38. The first-order valence-electron chi connectivity index (χ1n) is 14.7. The summed E-state index contributed by atoms with van der Waals surface area (Å²) in [5.74, 6) is 0. The van der Waals surface area contributed by atoms with E-state index >= 15 is 0 Å². The third-order valence-electron chi connectivity index (χ3n) is 6.38. The van der Waals surface area contributed by atoms with E-state index in [1.54, 1.807) is 0 Å². The van der Waals surface area contributed by atoms with Crippen molar-refractivity contribution in [1.82, 2.24) is 9.88 Å². The summed E-state index contributed by atoms with van der Waals surface area (Å²) < 4.78 is 0. The molecule has 0 N–H and O–H groups in total. The summed E-state index contributed by atoms with van der Waals surface area (Å²) in [4.78, 5) is 20.6. The Morgan fingerprint density at radius 2 is 1.68 bits per heavy atom. The SMILES string of the molecule is C=CCC(C)N(CCN(CC=C)CCc1cccnc1)c1cc(C=O)ccc1CCCC.CC.CCCC. The number of nitrogens with zero attached hydrogens (tertiary/aromatic N) is 3. The average Bonchev–Trinajstić information content (AvgIpc) is 2.97. The summed E-state index contributed by atoms with van der Waals surface area (Å²) in [6.45, 7) is 24.3. The van der Waals surface area contributed by atoms with Gasteiger partial charge in [0, 0.05) is 55.9 Å². The highest BCUT2D eigenvalue weighted by Gasteiger charge is 2.18. The van der Waals surface area contributed by atoms with Gasteiger partial charge < -0.3 is 4.90 Å². The Labute approximate surface area is 234 Å². The van der Waals surface area contributed by atoms with Gasteiger partial charge >= 0.3 is 0 Å². The van der Waals surface area contributed by atoms with Gasteiger partial charge in [0.2, 0.25) is 0 Å². The molecule has 1 aromatic carbocycles. The Kier molecular flexibility index (Phi) is 21.7. The highest BCUT2D eigenvalue weighted by molar-refractivity contribution is 5.78. The number of anilines is 1. The number of carbonyl (C=O) groups is 1. The molecule has 1 heterocycles. The Morgan fingerprint density at radius 3 is 2.24 bits per heavy atom. The molecule has 38 heavy (non-hydrogen) atoms. The van der Waals surface area contributed by atoms with Gasteiger partial charge in [-0.3, -0.25) is 14.7 Å². The van der Waals surface area contributed by atoms with E-state index in [1.807, 2.05) is 50.5 Å². The fraction of sp³-hybridized carbons (Fsp3) is 0.529. The van der Waals surface area contributed by atoms with Gasteiger partial charge in [-0.1, -0.05) is 84.2 Å². The van der Waals surface area contributed by atoms with E-state index in [1.165, 1.54) is 29.7 Å². The largest absolute Gasteiger partial charge is 0.367 e. The highest BCUT2D eigenvalue weighted by atomic mass is 16.1. The maximum atomic E-state index is 11.5. The number of hydrogen-bond acceptors (Lipinski definition) is 4. The van der Waals surface area contributed by atoms with Crippen LogP contribution < -0.4 is 4.90 Å². The number of aromatic nitrogens is 1. The predicted molar refractivity (Wildman–Crippen MR) is 169 cm³/mol. The van der Waals surface area contributed by atoms with Gasteiger partial charge in [0.05, 0.1) is 0 Å². The lowest BCUT2D eigenvalue weighted by Crippen LogP contribution is -2.41. The molecule has 1 unspecified atom stereocenters. The van der Waals surface area contributed by atoms with Gasteiger partial charge in [-0.25, -0.2) is 0 Å². The Morgan fingerprint density at radius 1 is 0.947 bits per heavy atom. The number of pyridine rings is 1. The van der Waals surface area contributed by atoms with Crippen molar-refractivity contribution in [3.8, 4) is 0 Å². The molecule has 0 saturated heterocycles. The van der Waals surface area contributed by atoms with Crippen LogP contribution in [0.4, 0.5) is 5.69 Å². The Bertz CT molecular complexity index is 863. The van der Waals surface area contributed by atoms with Gasteiger partial charge in [-0.2, -0.15) is 0 Å². The standard InChI is InChI=1S/C28H39N3O.C4H10.C2H6/c1-5-8-12-27-14-13-26(23-32)21-28(27)31(24(4)10-6-2)20-19-30(17-7-3)18-15-25-11-9-16-29-22-25;1-3-4-2;1-2/h6-7,9,11,13-14,16,21-24H,2-3,5,8,10,12,15,17-20H2,1,4H3;3-4H2,1-2H3;1-2H3. The van der Waals surface area contributed by atoms with Gasteiger partial charge in [0.25, 0.3) is 0 Å². The maximum Gasteiger partial charge on any atom is 0.150 e. The molecule has 0 aliphatic rings. The molecule has 0 fully saturated rings. The van der Waals surface area contributed by atoms with Crippen molar-refractivity contribution in [3.05, 3.63) is 84.7 Å². The van der Waals surface area contributed by atoms with Crippen LogP contribution in [0.25, 0.3) is 0 Å². The molecule has 1 aromatic heterocycles. The minimum Gasteiger partial charge on any atom is -0.367 e. The van der Waals surface area contributed by atoms with E-state index in [4.69, 9.17) is 0 Å². The fourth-order valence-electron chi connectivity index (χ4n) is 4.01. The molecule has 1 atom stereocenters. The zero-order valence-corrected chi connectivity index (χ0v) is 25.3. The first-order valence-corrected chi connectivity index (χ1v) is 14.7. The molecule has 4 nitrogen and oxygen atoms in total. The molecular weight excluding hydrogens is 466 g/mol. The molecule has 0 aliphatic carbocycles. The van der Waals surface area contributed by atoms with Gasteiger partial charge in [-0.05, 0) is 55.9 Å². The summed E-state index contributed by atoms with van der Waals surface area (Å²) in [5, 5.41) is 0. The Hall–Kier alpha value is -2.72. The number of rotatable bonds is 17. The van der Waals surface area contributed by atoms with Crippen molar-refractivity contribution in [1.29, 1.82) is 0 Å². The van der Waals surface area contributed by atoms with Gasteiger partial charge in [0.15, 0.2) is 0 Å². The highest BCUT2D eigenvalue weighted by Crippen LogP contribution is 2.27. The van der Waals surface area contributed by atoms with Crippen LogP contribution in [0.2, 0.25) is 0 Å². The molecule has 4 heteroatoms. The van der Waals surface area contributed by atoms with Crippen LogP contribution in [-0.2, 0) is 12.8 Å². The minimum absolute atomic E-state index is 0.304. The number of aldehydes is 1. The van der Waals surface area contributed by atoms with Crippen LogP contribution in [0.1, 0.15) is 95.1 Å². The number of benzene rings is 1. The summed E-state index contributed by atoms with van der Waals surface area (Å²) in [5.41, 5.74) is 4.48. The lowest BCUT2D eigenvalue weighted by atomic mass is 10.0. The molecule has 0 spiro atoms. The van der Waals surface area contributed by atoms with Gasteiger partial charge in [0.1, 0.15) is 6.29 Å². The summed E-state index contributed by atoms with van der Waals surface area (Å²) >= 11 is 0. The lowest BCUT2D eigenvalue weighted by molar-refractivity contribution is 0.112. The van der Waals surface area contributed by atoms with Crippen molar-refractivity contribution >= 4 is 12.0 Å². The molecular formula is C34H55N3O. The second-order valence-electron chi connectivity index (χ2n) is 9.38. The van der Waals surface area contributed by atoms with E-state index in [9.17, 15) is 4.79 Å². The molecule has 2 aromatic rings. The van der Waals surface area contributed by atoms with Crippen LogP contribution in [0, 0.1) is 0 Å². The third-order valence-corrected chi connectivity index (χ3v) is 6.38. The zero-order chi connectivity index (χ0) is 28.6. The molecule has 0 amide bonds. The molecule has 2 rings (SSSR count). The van der Waals surface area contributed by atoms with Crippen molar-refractivity contribution in [2.24, 2.45) is 0 Å². The maximum absolute atomic E-state index is 11.5. The quantitative estimate of drug-likeness (QED) is 0.154. The van der Waals surface area contributed by atoms with Crippen molar-refractivity contribution < 1.29 is 4.79 Å².